The fraction of sp³-hybridized carbons (Fsp3) is 0.0833. The van der Waals surface area contributed by atoms with E-state index in [4.69, 9.17) is 17.3 Å². The van der Waals surface area contributed by atoms with Crippen molar-refractivity contribution in [3.05, 3.63) is 99.0 Å². The van der Waals surface area contributed by atoms with Gasteiger partial charge in [-0.1, -0.05) is 11.6 Å². The lowest BCUT2D eigenvalue weighted by Gasteiger charge is -2.18. The number of aromatic nitrogens is 2. The molecule has 1 aliphatic heterocycles. The first kappa shape index (κ1) is 25.1. The van der Waals surface area contributed by atoms with E-state index in [0.29, 0.717) is 12.1 Å². The van der Waals surface area contributed by atoms with Gasteiger partial charge in [-0.3, -0.25) is 18.8 Å². The molecule has 0 fully saturated rings. The summed E-state index contributed by atoms with van der Waals surface area (Å²) in [5.41, 5.74) is 2.89. The van der Waals surface area contributed by atoms with E-state index >= 15 is 0 Å². The molecule has 4 N–H and O–H groups in total. The molecule has 1 aliphatic rings. The van der Waals surface area contributed by atoms with Gasteiger partial charge < -0.3 is 16.4 Å². The number of alkyl halides is 3. The van der Waals surface area contributed by atoms with Gasteiger partial charge in [0.2, 0.25) is 0 Å². The van der Waals surface area contributed by atoms with Crippen molar-refractivity contribution in [3.63, 3.8) is 0 Å². The van der Waals surface area contributed by atoms with E-state index in [0.717, 1.165) is 12.1 Å². The van der Waals surface area contributed by atoms with E-state index in [9.17, 15) is 36.3 Å². The second-order valence-corrected chi connectivity index (χ2v) is 8.70. The summed E-state index contributed by atoms with van der Waals surface area (Å²) in [5, 5.41) is 5.05. The summed E-state index contributed by atoms with van der Waals surface area (Å²) < 4.78 is 68.8. The van der Waals surface area contributed by atoms with Crippen LogP contribution >= 0.6 is 11.6 Å². The lowest BCUT2D eigenvalue weighted by Crippen LogP contribution is -2.21. The molecule has 0 aliphatic carbocycles. The molecule has 14 heteroatoms. The predicted molar refractivity (Wildman–Crippen MR) is 124 cm³/mol. The molecule has 0 spiro atoms. The number of halogens is 6. The van der Waals surface area contributed by atoms with Crippen molar-refractivity contribution in [2.75, 3.05) is 5.32 Å². The average molecular weight is 550 g/mol. The summed E-state index contributed by atoms with van der Waals surface area (Å²) in [6.07, 6.45) is -3.74. The Labute approximate surface area is 214 Å². The van der Waals surface area contributed by atoms with E-state index in [1.807, 2.05) is 0 Å². The summed E-state index contributed by atoms with van der Waals surface area (Å²) >= 11 is 6.25. The first-order valence-electron chi connectivity index (χ1n) is 10.6. The summed E-state index contributed by atoms with van der Waals surface area (Å²) in [4.78, 5) is 41.8. The second-order valence-electron chi connectivity index (χ2n) is 8.29. The summed E-state index contributed by atoms with van der Waals surface area (Å²) in [7, 11) is 0. The normalized spacial score (nSPS) is 14.9. The number of nitrogens with zero attached hydrogens (tertiary/aromatic N) is 2. The van der Waals surface area contributed by atoms with Crippen molar-refractivity contribution >= 4 is 40.7 Å². The Morgan fingerprint density at radius 2 is 1.82 bits per heavy atom. The fourth-order valence-electron chi connectivity index (χ4n) is 4.21. The lowest BCUT2D eigenvalue weighted by atomic mass is 9.98. The SMILES string of the molecule is NC(=O)c1cn2c3c(c(NC(=O)c4cc(F)cc(C(F)(F)F)c4)cc2n1)C(c1cc(F)ccc1Cl)NC3=O. The van der Waals surface area contributed by atoms with Gasteiger partial charge in [-0.25, -0.2) is 13.8 Å². The number of amides is 3. The quantitative estimate of drug-likeness (QED) is 0.326. The summed E-state index contributed by atoms with van der Waals surface area (Å²) in [6, 6.07) is 4.81. The zero-order valence-corrected chi connectivity index (χ0v) is 19.4. The van der Waals surface area contributed by atoms with E-state index in [1.165, 1.54) is 22.7 Å². The molecule has 4 aromatic rings. The third-order valence-electron chi connectivity index (χ3n) is 5.83. The van der Waals surface area contributed by atoms with Gasteiger partial charge in [-0.2, -0.15) is 13.2 Å². The average Bonchev–Trinajstić information content (AvgIpc) is 3.41. The smallest absolute Gasteiger partial charge is 0.364 e. The van der Waals surface area contributed by atoms with Gasteiger partial charge in [0.05, 0.1) is 17.3 Å². The first-order chi connectivity index (χ1) is 17.8. The number of nitrogens with two attached hydrogens (primary N) is 1. The number of pyridine rings is 1. The van der Waals surface area contributed by atoms with Crippen LogP contribution < -0.4 is 16.4 Å². The van der Waals surface area contributed by atoms with Crippen LogP contribution in [0.1, 0.15) is 54.1 Å². The molecule has 2 aromatic heterocycles. The highest BCUT2D eigenvalue weighted by molar-refractivity contribution is 6.31. The molecule has 0 saturated heterocycles. The van der Waals surface area contributed by atoms with Crippen molar-refractivity contribution in [2.45, 2.75) is 12.2 Å². The highest BCUT2D eigenvalue weighted by Gasteiger charge is 2.37. The van der Waals surface area contributed by atoms with Gasteiger partial charge in [-0.05, 0) is 36.4 Å². The van der Waals surface area contributed by atoms with Crippen LogP contribution in [0.25, 0.3) is 5.65 Å². The summed E-state index contributed by atoms with van der Waals surface area (Å²) in [6.45, 7) is 0. The van der Waals surface area contributed by atoms with E-state index < -0.39 is 52.7 Å². The number of rotatable bonds is 4. The molecule has 1 unspecified atom stereocenters. The van der Waals surface area contributed by atoms with Crippen LogP contribution in [0.2, 0.25) is 5.02 Å². The number of hydrogen-bond donors (Lipinski definition) is 3. The van der Waals surface area contributed by atoms with Gasteiger partial charge in [0.1, 0.15) is 28.7 Å². The largest absolute Gasteiger partial charge is 0.416 e. The van der Waals surface area contributed by atoms with Crippen LogP contribution in [-0.2, 0) is 6.18 Å². The molecule has 1 atom stereocenters. The number of nitrogens with one attached hydrogen (secondary N) is 2. The number of primary amides is 1. The molecule has 0 saturated carbocycles. The van der Waals surface area contributed by atoms with Crippen LogP contribution in [0.15, 0.2) is 48.7 Å². The van der Waals surface area contributed by atoms with Gasteiger partial charge in [0.25, 0.3) is 17.7 Å². The molecule has 194 valence electrons. The van der Waals surface area contributed by atoms with Gasteiger partial charge in [0, 0.05) is 34.0 Å². The van der Waals surface area contributed by atoms with Gasteiger partial charge in [0.15, 0.2) is 0 Å². The van der Waals surface area contributed by atoms with E-state index in [2.05, 4.69) is 15.6 Å². The van der Waals surface area contributed by atoms with Crippen LogP contribution in [0.5, 0.6) is 0 Å². The number of carbonyl (C=O) groups excluding carboxylic acids is 3. The first-order valence-corrected chi connectivity index (χ1v) is 11.0. The Balaban J connectivity index is 1.70. The number of hydrogen-bond acceptors (Lipinski definition) is 4. The van der Waals surface area contributed by atoms with E-state index in [-0.39, 0.29) is 44.9 Å². The Kier molecular flexibility index (Phi) is 5.82. The Morgan fingerprint density at radius 3 is 2.50 bits per heavy atom. The van der Waals surface area contributed by atoms with Crippen molar-refractivity contribution in [1.29, 1.82) is 0 Å². The molecule has 3 heterocycles. The van der Waals surface area contributed by atoms with E-state index in [1.54, 1.807) is 0 Å². The molecule has 8 nitrogen and oxygen atoms in total. The third kappa shape index (κ3) is 4.30. The molecular weight excluding hydrogens is 537 g/mol. The topological polar surface area (TPSA) is 119 Å². The van der Waals surface area contributed by atoms with Crippen LogP contribution in [0.3, 0.4) is 0 Å². The molecule has 0 radical (unpaired) electrons. The van der Waals surface area contributed by atoms with Crippen LogP contribution in [0.4, 0.5) is 27.6 Å². The van der Waals surface area contributed by atoms with Crippen molar-refractivity contribution in [2.24, 2.45) is 5.73 Å². The third-order valence-corrected chi connectivity index (χ3v) is 6.17. The van der Waals surface area contributed by atoms with Gasteiger partial charge in [-0.15, -0.1) is 0 Å². The number of anilines is 1. The second kappa shape index (κ2) is 8.80. The lowest BCUT2D eigenvalue weighted by molar-refractivity contribution is -0.137. The maximum Gasteiger partial charge on any atom is 0.416 e. The minimum Gasteiger partial charge on any atom is -0.364 e. The molecule has 38 heavy (non-hydrogen) atoms. The number of carbonyl (C=O) groups is 3. The maximum atomic E-state index is 14.1. The maximum absolute atomic E-state index is 14.1. The van der Waals surface area contributed by atoms with Crippen LogP contribution in [0, 0.1) is 11.6 Å². The monoisotopic (exact) mass is 549 g/mol. The zero-order valence-electron chi connectivity index (χ0n) is 18.7. The fourth-order valence-corrected chi connectivity index (χ4v) is 4.43. The molecular formula is C24H13ClF5N5O3. The molecule has 5 rings (SSSR count). The Hall–Kier alpha value is -4.52. The standard InChI is InChI=1S/C24H13ClF5N5O3/c25-14-2-1-11(26)6-13(14)19-18-15(33-22(37)9-3-10(24(28,29)30)5-12(27)4-9)7-17-32-16(21(31)36)8-35(17)20(18)23(38)34-19/h1-8,19H,(H2,31,36)(H,33,37)(H,34,38). The zero-order chi connectivity index (χ0) is 27.5. The number of fused-ring (bicyclic) bond motifs is 3. The molecule has 0 bridgehead atoms. The van der Waals surface area contributed by atoms with Crippen molar-refractivity contribution in [1.82, 2.24) is 14.7 Å². The van der Waals surface area contributed by atoms with Crippen molar-refractivity contribution < 1.29 is 36.3 Å². The minimum atomic E-state index is -4.92. The predicted octanol–water partition coefficient (Wildman–Crippen LogP) is 4.47. The molecule has 2 aromatic carbocycles. The minimum absolute atomic E-state index is 0.0239. The Bertz CT molecular complexity index is 1680. The molecule has 3 amide bonds. The van der Waals surface area contributed by atoms with Crippen LogP contribution in [-0.4, -0.2) is 27.1 Å². The number of imidazole rings is 1. The highest BCUT2D eigenvalue weighted by atomic mass is 35.5. The van der Waals surface area contributed by atoms with Crippen molar-refractivity contribution in [3.8, 4) is 0 Å². The van der Waals surface area contributed by atoms with Gasteiger partial charge >= 0.3 is 6.18 Å². The Morgan fingerprint density at radius 1 is 1.08 bits per heavy atom. The number of benzene rings is 2. The highest BCUT2D eigenvalue weighted by Crippen LogP contribution is 2.40. The summed E-state index contributed by atoms with van der Waals surface area (Å²) in [5.74, 6) is -4.77.